The van der Waals surface area contributed by atoms with Gasteiger partial charge in [-0.15, -0.1) is 0 Å². The molecule has 1 aliphatic carbocycles. The Morgan fingerprint density at radius 1 is 1.36 bits per heavy atom. The van der Waals surface area contributed by atoms with E-state index in [2.05, 4.69) is 0 Å². The molecule has 72 valence electrons. The first-order chi connectivity index (χ1) is 6.63. The predicted molar refractivity (Wildman–Crippen MR) is 54.4 cm³/mol. The van der Waals surface area contributed by atoms with E-state index < -0.39 is 0 Å². The highest BCUT2D eigenvalue weighted by Crippen LogP contribution is 2.41. The molecule has 0 heterocycles. The molecule has 0 spiro atoms. The van der Waals surface area contributed by atoms with Crippen LogP contribution in [-0.4, -0.2) is 4.92 Å². The summed E-state index contributed by atoms with van der Waals surface area (Å²) in [5.74, 6) is -0.0822. The van der Waals surface area contributed by atoms with Gasteiger partial charge in [-0.2, -0.15) is 0 Å². The Morgan fingerprint density at radius 3 is 2.57 bits per heavy atom. The summed E-state index contributed by atoms with van der Waals surface area (Å²) in [4.78, 5) is 10.6. The smallest absolute Gasteiger partial charge is 0.256 e. The molecular weight excluding hydrogens is 178 g/mol. The zero-order valence-corrected chi connectivity index (χ0v) is 8.15. The van der Waals surface area contributed by atoms with Crippen LogP contribution in [0.2, 0.25) is 0 Å². The van der Waals surface area contributed by atoms with Crippen LogP contribution in [0.1, 0.15) is 30.9 Å². The maximum Gasteiger partial charge on any atom is 0.256 e. The van der Waals surface area contributed by atoms with Gasteiger partial charge in [-0.25, -0.2) is 0 Å². The lowest BCUT2D eigenvalue weighted by molar-refractivity contribution is -0.428. The molecule has 0 aromatic heterocycles. The van der Waals surface area contributed by atoms with Crippen LogP contribution in [0.5, 0.6) is 0 Å². The van der Waals surface area contributed by atoms with E-state index in [1.165, 1.54) is 0 Å². The van der Waals surface area contributed by atoms with E-state index in [-0.39, 0.29) is 10.8 Å². The molecule has 1 aromatic carbocycles. The molecule has 0 radical (unpaired) electrons. The lowest BCUT2D eigenvalue weighted by atomic mass is 10.0. The Labute approximate surface area is 82.2 Å². The molecule has 0 saturated carbocycles. The van der Waals surface area contributed by atoms with Crippen LogP contribution in [0.15, 0.2) is 30.0 Å². The number of benzene rings is 1. The van der Waals surface area contributed by atoms with Crippen molar-refractivity contribution in [3.05, 3.63) is 51.2 Å². The first-order valence-corrected chi connectivity index (χ1v) is 4.57. The molecule has 3 nitrogen and oxygen atoms in total. The average Bonchev–Trinajstić information content (AvgIpc) is 2.41. The van der Waals surface area contributed by atoms with Gasteiger partial charge in [0.2, 0.25) is 0 Å². The summed E-state index contributed by atoms with van der Waals surface area (Å²) in [6, 6.07) is 7.74. The van der Waals surface area contributed by atoms with Crippen molar-refractivity contribution in [2.75, 3.05) is 0 Å². The van der Waals surface area contributed by atoms with Crippen LogP contribution in [0.4, 0.5) is 0 Å². The largest absolute Gasteiger partial charge is 0.259 e. The highest BCUT2D eigenvalue weighted by Gasteiger charge is 2.33. The molecule has 1 aliphatic rings. The van der Waals surface area contributed by atoms with Crippen molar-refractivity contribution in [1.29, 1.82) is 0 Å². The number of nitro groups is 1. The molecule has 2 rings (SSSR count). The minimum absolute atomic E-state index is 0.0822. The molecule has 0 bridgehead atoms. The molecule has 1 aromatic rings. The Bertz CT molecular complexity index is 435. The topological polar surface area (TPSA) is 43.1 Å². The maximum absolute atomic E-state index is 10.8. The third kappa shape index (κ3) is 1.05. The second-order valence-electron chi connectivity index (χ2n) is 3.58. The molecule has 1 unspecified atom stereocenters. The van der Waals surface area contributed by atoms with Crippen molar-refractivity contribution >= 4 is 5.57 Å². The van der Waals surface area contributed by atoms with Crippen molar-refractivity contribution in [2.45, 2.75) is 19.8 Å². The van der Waals surface area contributed by atoms with Crippen LogP contribution in [-0.2, 0) is 0 Å². The van der Waals surface area contributed by atoms with Crippen LogP contribution in [0.3, 0.4) is 0 Å². The molecule has 14 heavy (non-hydrogen) atoms. The van der Waals surface area contributed by atoms with Crippen molar-refractivity contribution in [3.63, 3.8) is 0 Å². The molecule has 0 N–H and O–H groups in total. The number of nitrogens with zero attached hydrogens (tertiary/aromatic N) is 1. The van der Waals surface area contributed by atoms with Gasteiger partial charge in [-0.1, -0.05) is 24.3 Å². The monoisotopic (exact) mass is 189 g/mol. The molecule has 3 heteroatoms. The van der Waals surface area contributed by atoms with Gasteiger partial charge in [0.05, 0.1) is 10.8 Å². The van der Waals surface area contributed by atoms with Crippen molar-refractivity contribution in [1.82, 2.24) is 0 Å². The van der Waals surface area contributed by atoms with E-state index in [4.69, 9.17) is 0 Å². The average molecular weight is 189 g/mol. The van der Waals surface area contributed by atoms with E-state index in [0.29, 0.717) is 5.70 Å². The van der Waals surface area contributed by atoms with Gasteiger partial charge in [-0.05, 0) is 25.0 Å². The third-order valence-corrected chi connectivity index (χ3v) is 2.82. The molecule has 0 aliphatic heterocycles. The molecule has 0 amide bonds. The lowest BCUT2D eigenvalue weighted by Gasteiger charge is -2.02. The Kier molecular flexibility index (Phi) is 1.88. The van der Waals surface area contributed by atoms with Gasteiger partial charge < -0.3 is 0 Å². The van der Waals surface area contributed by atoms with Crippen molar-refractivity contribution in [3.8, 4) is 0 Å². The van der Waals surface area contributed by atoms with E-state index in [1.807, 2.05) is 38.1 Å². The van der Waals surface area contributed by atoms with Gasteiger partial charge >= 0.3 is 0 Å². The number of allylic oxidation sites excluding steroid dienone is 2. The van der Waals surface area contributed by atoms with Gasteiger partial charge in [0.15, 0.2) is 0 Å². The highest BCUT2D eigenvalue weighted by atomic mass is 16.6. The fourth-order valence-corrected chi connectivity index (χ4v) is 2.12. The molecule has 0 fully saturated rings. The second kappa shape index (κ2) is 2.94. The lowest BCUT2D eigenvalue weighted by Crippen LogP contribution is -2.03. The zero-order valence-electron chi connectivity index (χ0n) is 8.15. The first-order valence-electron chi connectivity index (χ1n) is 4.57. The number of hydrogen-bond acceptors (Lipinski definition) is 2. The summed E-state index contributed by atoms with van der Waals surface area (Å²) in [7, 11) is 0. The van der Waals surface area contributed by atoms with Crippen molar-refractivity contribution < 1.29 is 4.92 Å². The van der Waals surface area contributed by atoms with Crippen LogP contribution in [0.25, 0.3) is 5.57 Å². The zero-order chi connectivity index (χ0) is 10.3. The van der Waals surface area contributed by atoms with E-state index >= 15 is 0 Å². The Morgan fingerprint density at radius 2 is 2.00 bits per heavy atom. The summed E-state index contributed by atoms with van der Waals surface area (Å²) in [6.07, 6.45) is 0. The second-order valence-corrected chi connectivity index (χ2v) is 3.58. The summed E-state index contributed by atoms with van der Waals surface area (Å²) in [5, 5.41) is 10.8. The summed E-state index contributed by atoms with van der Waals surface area (Å²) in [6.45, 7) is 3.70. The molecule has 0 saturated heterocycles. The van der Waals surface area contributed by atoms with Gasteiger partial charge in [0.25, 0.3) is 5.70 Å². The number of hydrogen-bond donors (Lipinski definition) is 0. The van der Waals surface area contributed by atoms with E-state index in [0.717, 1.165) is 16.7 Å². The quantitative estimate of drug-likeness (QED) is 0.503. The standard InChI is InChI=1S/C11H11NO2/c1-7-9-5-3-4-6-10(9)8(2)11(7)12(13)14/h3-7H,1-2H3. The molecule has 1 atom stereocenters. The normalized spacial score (nSPS) is 19.7. The van der Waals surface area contributed by atoms with E-state index in [9.17, 15) is 10.1 Å². The Balaban J connectivity index is 2.62. The number of fused-ring (bicyclic) bond motifs is 1. The van der Waals surface area contributed by atoms with E-state index in [1.54, 1.807) is 0 Å². The fourth-order valence-electron chi connectivity index (χ4n) is 2.12. The number of rotatable bonds is 1. The van der Waals surface area contributed by atoms with Crippen molar-refractivity contribution in [2.24, 2.45) is 0 Å². The summed E-state index contributed by atoms with van der Waals surface area (Å²) < 4.78 is 0. The SMILES string of the molecule is CC1=C([N+](=O)[O-])C(C)c2ccccc21. The van der Waals surface area contributed by atoms with Gasteiger partial charge in [0.1, 0.15) is 0 Å². The third-order valence-electron chi connectivity index (χ3n) is 2.82. The highest BCUT2D eigenvalue weighted by molar-refractivity contribution is 5.75. The van der Waals surface area contributed by atoms with Crippen LogP contribution >= 0.6 is 0 Å². The fraction of sp³-hybridized carbons (Fsp3) is 0.273. The first kappa shape index (κ1) is 8.94. The Hall–Kier alpha value is -1.64. The van der Waals surface area contributed by atoms with Crippen LogP contribution in [0, 0.1) is 10.1 Å². The minimum Gasteiger partial charge on any atom is -0.259 e. The maximum atomic E-state index is 10.8. The molecular formula is C11H11NO2. The summed E-state index contributed by atoms with van der Waals surface area (Å²) >= 11 is 0. The van der Waals surface area contributed by atoms with Gasteiger partial charge in [-0.3, -0.25) is 10.1 Å². The minimum atomic E-state index is -0.264. The predicted octanol–water partition coefficient (Wildman–Crippen LogP) is 2.81. The van der Waals surface area contributed by atoms with Gasteiger partial charge in [0, 0.05) is 5.57 Å². The summed E-state index contributed by atoms with van der Waals surface area (Å²) in [5.41, 5.74) is 3.23. The van der Waals surface area contributed by atoms with Crippen LogP contribution < -0.4 is 0 Å².